The van der Waals surface area contributed by atoms with Gasteiger partial charge in [-0.05, 0) is 44.5 Å². The third-order valence-electron chi connectivity index (χ3n) is 11.7. The molecule has 0 aromatic heterocycles. The zero-order chi connectivity index (χ0) is 58.4. The van der Waals surface area contributed by atoms with E-state index in [1.165, 1.54) is 54.3 Å². The van der Waals surface area contributed by atoms with Crippen molar-refractivity contribution in [1.82, 2.24) is 52.3 Å². The molecule has 0 bridgehead atoms. The molecule has 0 spiro atoms. The molecule has 2 amide bonds. The SMILES string of the molecule is CN(C)C=O.CN(C)C=O.[Cl-].[Cl-].[Cl-].[Cl-].[Ni+2].[Ni+2].[OH3+].[OH3+].[OH3+].[OH3+].c1ccc(CNCCNCc2ccccc2)cc1.c1ccc(CNCCNCc2ccccc2)cc1.c1ccc(CNCCNCc2ccccc2)cc1.c1ccc(CNCCNCc2ccccc2)cc1. The fraction of sp³-hybridized carbons (Fsp3) is 0.286. The molecule has 8 aromatic rings. The van der Waals surface area contributed by atoms with Gasteiger partial charge in [0.15, 0.2) is 0 Å². The van der Waals surface area contributed by atoms with Crippen LogP contribution in [-0.4, -0.2) is 103 Å². The third-order valence-corrected chi connectivity index (χ3v) is 11.7. The maximum Gasteiger partial charge on any atom is 2.00 e. The second-order valence-corrected chi connectivity index (χ2v) is 19.4. The van der Waals surface area contributed by atoms with Gasteiger partial charge in [-0.3, -0.25) is 9.59 Å². The van der Waals surface area contributed by atoms with Gasteiger partial charge in [-0.2, -0.15) is 0 Å². The van der Waals surface area contributed by atoms with Crippen LogP contribution in [0.15, 0.2) is 243 Å². The summed E-state index contributed by atoms with van der Waals surface area (Å²) >= 11 is 0. The first-order valence-corrected chi connectivity index (χ1v) is 28.5. The van der Waals surface area contributed by atoms with Crippen LogP contribution in [0.2, 0.25) is 0 Å². The van der Waals surface area contributed by atoms with Gasteiger partial charge in [-0.1, -0.05) is 243 Å². The molecule has 92 heavy (non-hydrogen) atoms. The molecule has 516 valence electrons. The number of amides is 2. The molecule has 0 fully saturated rings. The fourth-order valence-corrected chi connectivity index (χ4v) is 7.34. The van der Waals surface area contributed by atoms with E-state index in [4.69, 9.17) is 0 Å². The van der Waals surface area contributed by atoms with Gasteiger partial charge in [0.05, 0.1) is 0 Å². The molecule has 22 heteroatoms. The maximum atomic E-state index is 9.43. The van der Waals surface area contributed by atoms with Crippen molar-refractivity contribution in [2.45, 2.75) is 52.4 Å². The zero-order valence-electron chi connectivity index (χ0n) is 53.7. The largest absolute Gasteiger partial charge is 2.00 e. The average Bonchev–Trinajstić information content (AvgIpc) is 3.68. The van der Waals surface area contributed by atoms with Crippen LogP contribution >= 0.6 is 0 Å². The van der Waals surface area contributed by atoms with E-state index in [1.807, 2.05) is 48.5 Å². The van der Waals surface area contributed by atoms with Crippen molar-refractivity contribution < 1.29 is 114 Å². The normalized spacial score (nSPS) is 8.91. The minimum atomic E-state index is 0. The number of hydrogen-bond acceptors (Lipinski definition) is 10. The topological polar surface area (TPSA) is 269 Å². The molecule has 0 unspecified atom stereocenters. The molecular formula is C70H106Cl4N10Ni2O6+4. The van der Waals surface area contributed by atoms with E-state index in [2.05, 4.69) is 237 Å². The van der Waals surface area contributed by atoms with Gasteiger partial charge < -0.3 is 124 Å². The number of carbonyl (C=O) groups is 2. The average molecular weight is 1440 g/mol. The molecule has 0 saturated heterocycles. The van der Waals surface area contributed by atoms with Crippen molar-refractivity contribution in [3.63, 3.8) is 0 Å². The first kappa shape index (κ1) is 102. The Morgan fingerprint density at radius 3 is 0.391 bits per heavy atom. The van der Waals surface area contributed by atoms with E-state index in [9.17, 15) is 9.59 Å². The monoisotopic (exact) mass is 1440 g/mol. The van der Waals surface area contributed by atoms with Crippen molar-refractivity contribution >= 4 is 12.8 Å². The van der Waals surface area contributed by atoms with E-state index in [0.717, 1.165) is 118 Å². The van der Waals surface area contributed by atoms with Gasteiger partial charge in [-0.25, -0.2) is 0 Å². The first-order chi connectivity index (χ1) is 40.3. The van der Waals surface area contributed by atoms with E-state index in [-0.39, 0.29) is 105 Å². The summed E-state index contributed by atoms with van der Waals surface area (Å²) < 4.78 is 0. The number of halogens is 4. The van der Waals surface area contributed by atoms with Crippen molar-refractivity contribution in [2.24, 2.45) is 0 Å². The smallest absolute Gasteiger partial charge is 1.00 e. The predicted molar refractivity (Wildman–Crippen MR) is 364 cm³/mol. The van der Waals surface area contributed by atoms with Crippen LogP contribution in [0.5, 0.6) is 0 Å². The fourth-order valence-electron chi connectivity index (χ4n) is 7.34. The van der Waals surface area contributed by atoms with Gasteiger partial charge >= 0.3 is 33.0 Å². The van der Waals surface area contributed by atoms with Crippen LogP contribution in [0.25, 0.3) is 0 Å². The Morgan fingerprint density at radius 2 is 0.315 bits per heavy atom. The predicted octanol–water partition coefficient (Wildman–Crippen LogP) is -6.00. The molecule has 0 aliphatic carbocycles. The quantitative estimate of drug-likeness (QED) is 0.00915. The molecule has 8 aromatic carbocycles. The number of rotatable bonds is 30. The summed E-state index contributed by atoms with van der Waals surface area (Å²) in [5, 5.41) is 27.4. The van der Waals surface area contributed by atoms with Crippen LogP contribution in [-0.2, 0) is 117 Å². The van der Waals surface area contributed by atoms with Crippen molar-refractivity contribution in [3.05, 3.63) is 287 Å². The molecule has 0 radical (unpaired) electrons. The summed E-state index contributed by atoms with van der Waals surface area (Å²) in [6, 6.07) is 83.8. The van der Waals surface area contributed by atoms with Crippen LogP contribution in [0, 0.1) is 0 Å². The Labute approximate surface area is 595 Å². The van der Waals surface area contributed by atoms with Crippen LogP contribution in [0.4, 0.5) is 0 Å². The standard InChI is InChI=1S/4C16H20N2.2C3H7NO.4ClH.2Ni.4H2O/c4*1-3-7-15(8-4-1)13-17-11-12-18-14-16-9-5-2-6-10-16;2*1-4(2)3-5;;;;;;;;;;/h4*1-10,17-18H,11-14H2;2*3H,1-2H3;4*1H;;;4*1H2/q;;;;;;;;;;2*+2;;;;. The second-order valence-electron chi connectivity index (χ2n) is 19.4. The molecule has 0 heterocycles. The molecule has 16 nitrogen and oxygen atoms in total. The van der Waals surface area contributed by atoms with Gasteiger partial charge in [0.1, 0.15) is 0 Å². The summed E-state index contributed by atoms with van der Waals surface area (Å²) in [5.41, 5.74) is 10.7. The Kier molecular flexibility index (Phi) is 82.9. The maximum absolute atomic E-state index is 9.43. The zero-order valence-corrected chi connectivity index (χ0v) is 58.7. The number of hydrogen-bond donors (Lipinski definition) is 8. The summed E-state index contributed by atoms with van der Waals surface area (Å²) in [6.07, 6.45) is 1.50. The minimum Gasteiger partial charge on any atom is -1.00 e. The first-order valence-electron chi connectivity index (χ1n) is 28.5. The van der Waals surface area contributed by atoms with Gasteiger partial charge in [-0.15, -0.1) is 0 Å². The molecule has 0 atom stereocenters. The Hall–Kier alpha value is -5.63. The van der Waals surface area contributed by atoms with E-state index < -0.39 is 0 Å². The number of nitrogens with one attached hydrogen (secondary N) is 8. The minimum absolute atomic E-state index is 0. The Morgan fingerprint density at radius 1 is 0.228 bits per heavy atom. The molecule has 20 N–H and O–H groups in total. The van der Waals surface area contributed by atoms with E-state index in [0.29, 0.717) is 0 Å². The van der Waals surface area contributed by atoms with Gasteiger partial charge in [0.25, 0.3) is 0 Å². The summed E-state index contributed by atoms with van der Waals surface area (Å²) in [4.78, 5) is 21.8. The summed E-state index contributed by atoms with van der Waals surface area (Å²) in [7, 11) is 6.75. The summed E-state index contributed by atoms with van der Waals surface area (Å²) in [5.74, 6) is 0. The molecule has 8 rings (SSSR count). The third kappa shape index (κ3) is 60.6. The van der Waals surface area contributed by atoms with Gasteiger partial charge in [0.2, 0.25) is 12.8 Å². The summed E-state index contributed by atoms with van der Waals surface area (Å²) in [6.45, 7) is 15.4. The van der Waals surface area contributed by atoms with E-state index >= 15 is 0 Å². The number of carbonyl (C=O) groups excluding carboxylic acids is 2. The number of benzene rings is 8. The Bertz CT molecular complexity index is 2150. The molecule has 0 aliphatic heterocycles. The van der Waals surface area contributed by atoms with Crippen LogP contribution in [0.1, 0.15) is 44.5 Å². The van der Waals surface area contributed by atoms with Gasteiger partial charge in [0, 0.05) is 133 Å². The van der Waals surface area contributed by atoms with Crippen molar-refractivity contribution in [1.29, 1.82) is 0 Å². The Balaban J connectivity index is -0.000000157. The van der Waals surface area contributed by atoms with Crippen molar-refractivity contribution in [3.8, 4) is 0 Å². The molecule has 0 saturated carbocycles. The number of nitrogens with zero attached hydrogens (tertiary/aromatic N) is 2. The van der Waals surface area contributed by atoms with Crippen LogP contribution in [0.3, 0.4) is 0 Å². The molecule has 0 aliphatic rings. The van der Waals surface area contributed by atoms with Crippen LogP contribution < -0.4 is 92.2 Å². The second kappa shape index (κ2) is 74.4. The molecular weight excluding hydrogens is 1340 g/mol. The van der Waals surface area contributed by atoms with E-state index in [1.54, 1.807) is 28.2 Å². The van der Waals surface area contributed by atoms with Crippen molar-refractivity contribution in [2.75, 3.05) is 80.5 Å².